The van der Waals surface area contributed by atoms with Crippen LogP contribution in [0.1, 0.15) is 16.8 Å². The summed E-state index contributed by atoms with van der Waals surface area (Å²) in [4.78, 5) is 0. The van der Waals surface area contributed by atoms with Gasteiger partial charge in [0.2, 0.25) is 5.88 Å². The van der Waals surface area contributed by atoms with E-state index in [0.717, 1.165) is 11.6 Å². The fraction of sp³-hybridized carbons (Fsp3) is 0.357. The third-order valence-electron chi connectivity index (χ3n) is 3.04. The topological polar surface area (TPSA) is 39.1 Å². The molecule has 2 rings (SSSR count). The third-order valence-corrected chi connectivity index (χ3v) is 3.04. The first-order valence-corrected chi connectivity index (χ1v) is 6.35. The van der Waals surface area contributed by atoms with Gasteiger partial charge in [-0.15, -0.1) is 0 Å². The van der Waals surface area contributed by atoms with E-state index in [2.05, 4.69) is 10.4 Å². The van der Waals surface area contributed by atoms with Crippen LogP contribution in [0.2, 0.25) is 0 Å². The first-order chi connectivity index (χ1) is 9.84. The second kappa shape index (κ2) is 5.77. The van der Waals surface area contributed by atoms with E-state index in [9.17, 15) is 13.2 Å². The van der Waals surface area contributed by atoms with Gasteiger partial charge in [-0.1, -0.05) is 12.1 Å². The van der Waals surface area contributed by atoms with Crippen molar-refractivity contribution in [3.63, 3.8) is 0 Å². The van der Waals surface area contributed by atoms with Crippen LogP contribution in [0.3, 0.4) is 0 Å². The zero-order valence-corrected chi connectivity index (χ0v) is 12.0. The minimum Gasteiger partial charge on any atom is -0.438 e. The standard InChI is InChI=1S/C14H16F3N3O/c1-9-10(8-18-2)13(20(3)19-9)21-12-7-5-4-6-11(12)14(15,16)17/h4-7,18H,8H2,1-3H3. The molecule has 2 aromatic rings. The average molecular weight is 299 g/mol. The molecule has 0 bridgehead atoms. The largest absolute Gasteiger partial charge is 0.438 e. The molecule has 114 valence electrons. The van der Waals surface area contributed by atoms with E-state index in [0.29, 0.717) is 18.1 Å². The number of hydrogen-bond acceptors (Lipinski definition) is 3. The maximum atomic E-state index is 13.0. The van der Waals surface area contributed by atoms with E-state index in [1.807, 2.05) is 0 Å². The van der Waals surface area contributed by atoms with Gasteiger partial charge in [-0.05, 0) is 26.1 Å². The van der Waals surface area contributed by atoms with E-state index >= 15 is 0 Å². The number of aryl methyl sites for hydroxylation is 2. The minimum atomic E-state index is -4.46. The third kappa shape index (κ3) is 3.18. The smallest absolute Gasteiger partial charge is 0.419 e. The molecule has 21 heavy (non-hydrogen) atoms. The zero-order valence-electron chi connectivity index (χ0n) is 12.0. The summed E-state index contributed by atoms with van der Waals surface area (Å²) in [5, 5.41) is 7.14. The van der Waals surface area contributed by atoms with Crippen LogP contribution in [0, 0.1) is 6.92 Å². The number of benzene rings is 1. The van der Waals surface area contributed by atoms with Crippen molar-refractivity contribution in [3.8, 4) is 11.6 Å². The quantitative estimate of drug-likeness (QED) is 0.942. The summed E-state index contributed by atoms with van der Waals surface area (Å²) in [6.07, 6.45) is -4.46. The van der Waals surface area contributed by atoms with Gasteiger partial charge < -0.3 is 10.1 Å². The van der Waals surface area contributed by atoms with E-state index in [1.54, 1.807) is 21.0 Å². The number of halogens is 3. The second-order valence-electron chi connectivity index (χ2n) is 4.62. The van der Waals surface area contributed by atoms with E-state index in [1.165, 1.54) is 22.9 Å². The Morgan fingerprint density at radius 2 is 1.95 bits per heavy atom. The van der Waals surface area contributed by atoms with Crippen molar-refractivity contribution < 1.29 is 17.9 Å². The number of nitrogens with one attached hydrogen (secondary N) is 1. The maximum absolute atomic E-state index is 13.0. The average Bonchev–Trinajstić information content (AvgIpc) is 2.66. The van der Waals surface area contributed by atoms with Gasteiger partial charge >= 0.3 is 6.18 Å². The molecule has 7 heteroatoms. The fourth-order valence-corrected chi connectivity index (χ4v) is 2.08. The Morgan fingerprint density at radius 1 is 1.29 bits per heavy atom. The van der Waals surface area contributed by atoms with Crippen molar-refractivity contribution in [2.75, 3.05) is 7.05 Å². The summed E-state index contributed by atoms with van der Waals surface area (Å²) in [5.74, 6) is 0.0731. The molecule has 0 unspecified atom stereocenters. The van der Waals surface area contributed by atoms with Crippen molar-refractivity contribution in [2.45, 2.75) is 19.6 Å². The van der Waals surface area contributed by atoms with Crippen LogP contribution in [-0.4, -0.2) is 16.8 Å². The molecule has 1 N–H and O–H groups in total. The molecule has 1 aromatic carbocycles. The van der Waals surface area contributed by atoms with Crippen LogP contribution in [0.25, 0.3) is 0 Å². The molecule has 0 amide bonds. The van der Waals surface area contributed by atoms with Crippen molar-refractivity contribution in [3.05, 3.63) is 41.1 Å². The van der Waals surface area contributed by atoms with Gasteiger partial charge in [0.05, 0.1) is 16.8 Å². The number of nitrogens with zero attached hydrogens (tertiary/aromatic N) is 2. The minimum absolute atomic E-state index is 0.231. The van der Waals surface area contributed by atoms with E-state index < -0.39 is 11.7 Å². The maximum Gasteiger partial charge on any atom is 0.419 e. The highest BCUT2D eigenvalue weighted by Gasteiger charge is 2.34. The number of rotatable bonds is 4. The van der Waals surface area contributed by atoms with Gasteiger partial charge in [-0.3, -0.25) is 0 Å². The van der Waals surface area contributed by atoms with Crippen molar-refractivity contribution in [1.29, 1.82) is 0 Å². The normalized spacial score (nSPS) is 11.7. The molecule has 0 radical (unpaired) electrons. The predicted molar refractivity (Wildman–Crippen MR) is 72.2 cm³/mol. The molecule has 0 atom stereocenters. The van der Waals surface area contributed by atoms with Gasteiger partial charge in [-0.25, -0.2) is 4.68 Å². The van der Waals surface area contributed by atoms with Crippen LogP contribution in [0.15, 0.2) is 24.3 Å². The van der Waals surface area contributed by atoms with Gasteiger partial charge in [0.15, 0.2) is 0 Å². The first kappa shape index (κ1) is 15.4. The zero-order chi connectivity index (χ0) is 15.6. The van der Waals surface area contributed by atoms with Gasteiger partial charge in [0, 0.05) is 13.6 Å². The van der Waals surface area contributed by atoms with Crippen molar-refractivity contribution in [1.82, 2.24) is 15.1 Å². The molecule has 1 heterocycles. The highest BCUT2D eigenvalue weighted by molar-refractivity contribution is 5.41. The Kier molecular flexibility index (Phi) is 4.22. The number of ether oxygens (including phenoxy) is 1. The molecule has 0 aliphatic carbocycles. The summed E-state index contributed by atoms with van der Waals surface area (Å²) >= 11 is 0. The summed E-state index contributed by atoms with van der Waals surface area (Å²) < 4.78 is 45.9. The molecule has 0 fully saturated rings. The van der Waals surface area contributed by atoms with E-state index in [4.69, 9.17) is 4.74 Å². The molecule has 1 aromatic heterocycles. The number of hydrogen-bond donors (Lipinski definition) is 1. The Morgan fingerprint density at radius 3 is 2.57 bits per heavy atom. The highest BCUT2D eigenvalue weighted by atomic mass is 19.4. The van der Waals surface area contributed by atoms with Gasteiger partial charge in [0.1, 0.15) is 5.75 Å². The Bertz CT molecular complexity index is 635. The molecule has 0 spiro atoms. The van der Waals surface area contributed by atoms with Gasteiger partial charge in [0.25, 0.3) is 0 Å². The molecule has 0 aliphatic heterocycles. The molecular formula is C14H16F3N3O. The lowest BCUT2D eigenvalue weighted by molar-refractivity contribution is -0.138. The number of aromatic nitrogens is 2. The summed E-state index contributed by atoms with van der Waals surface area (Å²) in [7, 11) is 3.39. The Labute approximate surface area is 120 Å². The Balaban J connectivity index is 2.44. The lowest BCUT2D eigenvalue weighted by Gasteiger charge is -2.14. The fourth-order valence-electron chi connectivity index (χ4n) is 2.08. The molecule has 0 aliphatic rings. The Hall–Kier alpha value is -2.02. The van der Waals surface area contributed by atoms with Crippen LogP contribution in [-0.2, 0) is 19.8 Å². The van der Waals surface area contributed by atoms with Crippen LogP contribution in [0.4, 0.5) is 13.2 Å². The highest BCUT2D eigenvalue weighted by Crippen LogP contribution is 2.38. The van der Waals surface area contributed by atoms with Gasteiger partial charge in [-0.2, -0.15) is 18.3 Å². The molecule has 0 saturated heterocycles. The van der Waals surface area contributed by atoms with E-state index in [-0.39, 0.29) is 5.75 Å². The van der Waals surface area contributed by atoms with Crippen LogP contribution < -0.4 is 10.1 Å². The monoisotopic (exact) mass is 299 g/mol. The molecule has 4 nitrogen and oxygen atoms in total. The molecular weight excluding hydrogens is 283 g/mol. The lowest BCUT2D eigenvalue weighted by Crippen LogP contribution is -2.10. The van der Waals surface area contributed by atoms with Crippen LogP contribution >= 0.6 is 0 Å². The second-order valence-corrected chi connectivity index (χ2v) is 4.62. The summed E-state index contributed by atoms with van der Waals surface area (Å²) in [5.41, 5.74) is 0.641. The predicted octanol–water partition coefficient (Wildman–Crippen LogP) is 3.26. The van der Waals surface area contributed by atoms with Crippen LogP contribution in [0.5, 0.6) is 11.6 Å². The summed E-state index contributed by atoms with van der Waals surface area (Å²) in [6, 6.07) is 5.13. The summed E-state index contributed by atoms with van der Waals surface area (Å²) in [6.45, 7) is 2.25. The number of para-hydroxylation sites is 1. The molecule has 0 saturated carbocycles. The first-order valence-electron chi connectivity index (χ1n) is 6.35. The SMILES string of the molecule is CNCc1c(C)nn(C)c1Oc1ccccc1C(F)(F)F. The van der Waals surface area contributed by atoms with Crippen molar-refractivity contribution >= 4 is 0 Å². The van der Waals surface area contributed by atoms with Crippen molar-refractivity contribution in [2.24, 2.45) is 7.05 Å². The number of alkyl halides is 3. The lowest BCUT2D eigenvalue weighted by atomic mass is 10.2.